The third kappa shape index (κ3) is 4.42. The van der Waals surface area contributed by atoms with Gasteiger partial charge in [0.25, 0.3) is 0 Å². The molecule has 0 radical (unpaired) electrons. The molecule has 33 heavy (non-hydrogen) atoms. The highest BCUT2D eigenvalue weighted by Crippen LogP contribution is 2.52. The molecule has 0 heterocycles. The summed E-state index contributed by atoms with van der Waals surface area (Å²) in [4.78, 5) is 0. The molecule has 0 fully saturated rings. The number of allylic oxidation sites excluding steroid dienone is 6. The highest BCUT2D eigenvalue weighted by atomic mass is 35.5. The number of thioether (sulfide) groups is 1. The number of benzene rings is 2. The maximum Gasteiger partial charge on any atom is 0.173 e. The summed E-state index contributed by atoms with van der Waals surface area (Å²) in [5, 5.41) is -2.21. The first kappa shape index (κ1) is 23.8. The lowest BCUT2D eigenvalue weighted by atomic mass is 9.87. The Morgan fingerprint density at radius 1 is 0.727 bits per heavy atom. The Labute approximate surface area is 202 Å². The number of nitrogen functional groups attached to an aromatic ring is 2. The van der Waals surface area contributed by atoms with Gasteiger partial charge in [-0.25, -0.2) is 17.6 Å². The molecule has 0 amide bonds. The first-order chi connectivity index (χ1) is 15.5. The fraction of sp³-hybridized carbons (Fsp3) is 0.167. The van der Waals surface area contributed by atoms with Crippen molar-refractivity contribution in [1.29, 1.82) is 0 Å². The molecule has 4 unspecified atom stereocenters. The van der Waals surface area contributed by atoms with Crippen LogP contribution in [0.1, 0.15) is 11.1 Å². The minimum atomic E-state index is -2.42. The SMILES string of the molecule is Nc1ccc(C2(F)C=C(F)C=CC2SC2C=CC(F)=CC2(F)c2ccc(N)cc2Cl)c(Cl)c1. The third-order valence-corrected chi connectivity index (χ3v) is 7.70. The van der Waals surface area contributed by atoms with Crippen molar-refractivity contribution in [2.24, 2.45) is 0 Å². The predicted molar refractivity (Wildman–Crippen MR) is 129 cm³/mol. The van der Waals surface area contributed by atoms with Gasteiger partial charge in [-0.3, -0.25) is 0 Å². The van der Waals surface area contributed by atoms with E-state index < -0.39 is 33.5 Å². The van der Waals surface area contributed by atoms with E-state index >= 15 is 8.78 Å². The van der Waals surface area contributed by atoms with Crippen LogP contribution in [0, 0.1) is 0 Å². The fourth-order valence-electron chi connectivity index (χ4n) is 3.89. The Morgan fingerprint density at radius 2 is 1.12 bits per heavy atom. The monoisotopic (exact) mass is 512 g/mol. The van der Waals surface area contributed by atoms with E-state index in [-0.39, 0.29) is 21.2 Å². The normalized spacial score (nSPS) is 29.0. The largest absolute Gasteiger partial charge is 0.399 e. The first-order valence-electron chi connectivity index (χ1n) is 9.80. The summed E-state index contributed by atoms with van der Waals surface area (Å²) in [6.07, 6.45) is 6.36. The van der Waals surface area contributed by atoms with E-state index in [1.165, 1.54) is 48.6 Å². The molecular weight excluding hydrogens is 495 g/mol. The molecule has 0 aliphatic heterocycles. The van der Waals surface area contributed by atoms with Gasteiger partial charge < -0.3 is 11.5 Å². The Kier molecular flexibility index (Phi) is 6.33. The second-order valence-corrected chi connectivity index (χ2v) is 9.87. The number of halogens is 6. The number of rotatable bonds is 4. The summed E-state index contributed by atoms with van der Waals surface area (Å²) in [7, 11) is 0. The van der Waals surface area contributed by atoms with Gasteiger partial charge in [0.2, 0.25) is 0 Å². The predicted octanol–water partition coefficient (Wildman–Crippen LogP) is 7.50. The quantitative estimate of drug-likeness (QED) is 0.329. The molecule has 0 bridgehead atoms. The molecule has 2 aliphatic carbocycles. The summed E-state index contributed by atoms with van der Waals surface area (Å²) < 4.78 is 61.2. The van der Waals surface area contributed by atoms with Crippen molar-refractivity contribution >= 4 is 46.3 Å². The molecule has 2 aliphatic rings. The minimum Gasteiger partial charge on any atom is -0.399 e. The van der Waals surface area contributed by atoms with Crippen molar-refractivity contribution in [3.63, 3.8) is 0 Å². The van der Waals surface area contributed by atoms with Crippen LogP contribution >= 0.6 is 35.0 Å². The fourth-order valence-corrected chi connectivity index (χ4v) is 6.00. The topological polar surface area (TPSA) is 52.0 Å². The lowest BCUT2D eigenvalue weighted by Gasteiger charge is -2.38. The summed E-state index contributed by atoms with van der Waals surface area (Å²) in [6, 6.07) is 8.33. The Bertz CT molecular complexity index is 1140. The van der Waals surface area contributed by atoms with Crippen molar-refractivity contribution in [1.82, 2.24) is 0 Å². The molecule has 4 N–H and O–H groups in total. The average Bonchev–Trinajstić information content (AvgIpc) is 2.71. The zero-order valence-corrected chi connectivity index (χ0v) is 19.2. The molecule has 4 atom stereocenters. The van der Waals surface area contributed by atoms with E-state index in [1.807, 2.05) is 0 Å². The van der Waals surface area contributed by atoms with Gasteiger partial charge in [0.1, 0.15) is 11.7 Å². The standard InChI is InChI=1S/C24H18Cl2F4N2S/c25-19-9-15(31)3-5-17(19)23(29)11-13(27)1-7-21(23)33-22-8-2-14(28)12-24(22,30)18-6-4-16(32)10-20(18)26/h1-12,21-22H,31-32H2. The first-order valence-corrected chi connectivity index (χ1v) is 11.5. The Morgan fingerprint density at radius 3 is 1.48 bits per heavy atom. The third-order valence-electron chi connectivity index (χ3n) is 5.49. The number of nitrogens with two attached hydrogens (primary N) is 2. The van der Waals surface area contributed by atoms with Crippen molar-refractivity contribution in [3.8, 4) is 0 Å². The molecule has 0 aromatic heterocycles. The zero-order valence-electron chi connectivity index (χ0n) is 16.9. The maximum absolute atomic E-state index is 16.4. The lowest BCUT2D eigenvalue weighted by Crippen LogP contribution is -2.39. The minimum absolute atomic E-state index is 0.000618. The summed E-state index contributed by atoms with van der Waals surface area (Å²) in [6.45, 7) is 0. The molecule has 2 nitrogen and oxygen atoms in total. The van der Waals surface area contributed by atoms with E-state index in [0.29, 0.717) is 11.4 Å². The molecule has 2 aromatic carbocycles. The molecule has 0 spiro atoms. The summed E-state index contributed by atoms with van der Waals surface area (Å²) in [5.74, 6) is -1.61. The van der Waals surface area contributed by atoms with Gasteiger partial charge in [0.15, 0.2) is 11.3 Å². The molecule has 4 rings (SSSR count). The van der Waals surface area contributed by atoms with Crippen LogP contribution in [-0.2, 0) is 11.3 Å². The Balaban J connectivity index is 1.76. The van der Waals surface area contributed by atoms with Crippen LogP contribution in [0.3, 0.4) is 0 Å². The number of hydrogen-bond donors (Lipinski definition) is 2. The van der Waals surface area contributed by atoms with Gasteiger partial charge in [0, 0.05) is 32.5 Å². The van der Waals surface area contributed by atoms with E-state index in [4.69, 9.17) is 34.7 Å². The van der Waals surface area contributed by atoms with Gasteiger partial charge in [-0.05, 0) is 48.6 Å². The van der Waals surface area contributed by atoms with Crippen LogP contribution in [0.25, 0.3) is 0 Å². The van der Waals surface area contributed by atoms with E-state index in [2.05, 4.69) is 0 Å². The van der Waals surface area contributed by atoms with Gasteiger partial charge in [-0.15, -0.1) is 11.8 Å². The molecule has 172 valence electrons. The van der Waals surface area contributed by atoms with Crippen LogP contribution in [0.4, 0.5) is 28.9 Å². The average molecular weight is 513 g/mol. The molecule has 0 saturated heterocycles. The zero-order chi connectivity index (χ0) is 24.0. The van der Waals surface area contributed by atoms with Crippen LogP contribution in [0.15, 0.2) is 84.5 Å². The Hall–Kier alpha value is -2.35. The second-order valence-electron chi connectivity index (χ2n) is 7.77. The molecular formula is C24H18Cl2F4N2S. The van der Waals surface area contributed by atoms with Crippen molar-refractivity contribution in [3.05, 3.63) is 106 Å². The van der Waals surface area contributed by atoms with E-state index in [1.54, 1.807) is 0 Å². The van der Waals surface area contributed by atoms with Gasteiger partial charge in [-0.1, -0.05) is 47.5 Å². The van der Waals surface area contributed by atoms with Gasteiger partial charge in [0.05, 0.1) is 10.5 Å². The van der Waals surface area contributed by atoms with Crippen molar-refractivity contribution in [2.75, 3.05) is 11.5 Å². The number of alkyl halides is 2. The van der Waals surface area contributed by atoms with Crippen LogP contribution in [0.5, 0.6) is 0 Å². The summed E-state index contributed by atoms with van der Waals surface area (Å²) in [5.41, 5.74) is 7.15. The second kappa shape index (κ2) is 8.78. The van der Waals surface area contributed by atoms with Crippen molar-refractivity contribution in [2.45, 2.75) is 21.8 Å². The number of anilines is 2. The lowest BCUT2D eigenvalue weighted by molar-refractivity contribution is 0.227. The van der Waals surface area contributed by atoms with Crippen molar-refractivity contribution < 1.29 is 17.6 Å². The summed E-state index contributed by atoms with van der Waals surface area (Å²) >= 11 is 13.3. The smallest absolute Gasteiger partial charge is 0.173 e. The highest BCUT2D eigenvalue weighted by molar-refractivity contribution is 8.01. The van der Waals surface area contributed by atoms with E-state index in [0.717, 1.165) is 36.1 Å². The van der Waals surface area contributed by atoms with Crippen LogP contribution < -0.4 is 11.5 Å². The molecule has 0 saturated carbocycles. The van der Waals surface area contributed by atoms with Crippen LogP contribution in [-0.4, -0.2) is 10.5 Å². The van der Waals surface area contributed by atoms with Crippen LogP contribution in [0.2, 0.25) is 10.0 Å². The highest BCUT2D eigenvalue weighted by Gasteiger charge is 2.48. The number of hydrogen-bond acceptors (Lipinski definition) is 3. The molecule has 9 heteroatoms. The van der Waals surface area contributed by atoms with Gasteiger partial charge >= 0.3 is 0 Å². The van der Waals surface area contributed by atoms with Gasteiger partial charge in [-0.2, -0.15) is 0 Å². The maximum atomic E-state index is 16.4. The van der Waals surface area contributed by atoms with E-state index in [9.17, 15) is 8.78 Å². The molecule has 2 aromatic rings.